The number of carbonyl (C=O) groups is 1. The van der Waals surface area contributed by atoms with Crippen molar-refractivity contribution in [1.82, 2.24) is 4.57 Å². The van der Waals surface area contributed by atoms with E-state index in [2.05, 4.69) is 5.32 Å². The van der Waals surface area contributed by atoms with Crippen molar-refractivity contribution in [2.45, 2.75) is 18.6 Å². The van der Waals surface area contributed by atoms with Crippen molar-refractivity contribution in [3.8, 4) is 5.69 Å². The Balaban J connectivity index is 1.98. The standard InChI is InChI=1S/C18H23N3O4/c1-24-18(13-19,25-2)11-10-16(22)20-14-6-8-15(9-7-14)21-12-4-3-5-17(21)23/h3-9,12H,10-11,13,19H2,1-2H3,(H,20,22). The number of hydrogen-bond acceptors (Lipinski definition) is 5. The van der Waals surface area contributed by atoms with Crippen LogP contribution in [0.15, 0.2) is 53.5 Å². The van der Waals surface area contributed by atoms with E-state index < -0.39 is 5.79 Å². The minimum atomic E-state index is -0.949. The first-order valence-electron chi connectivity index (χ1n) is 7.92. The third kappa shape index (κ3) is 4.76. The lowest BCUT2D eigenvalue weighted by molar-refractivity contribution is -0.203. The molecule has 0 unspecified atom stereocenters. The number of nitrogens with zero attached hydrogens (tertiary/aromatic N) is 1. The van der Waals surface area contributed by atoms with Crippen molar-refractivity contribution in [2.24, 2.45) is 5.73 Å². The number of pyridine rings is 1. The highest BCUT2D eigenvalue weighted by Gasteiger charge is 2.28. The smallest absolute Gasteiger partial charge is 0.255 e. The van der Waals surface area contributed by atoms with Gasteiger partial charge in [-0.2, -0.15) is 0 Å². The van der Waals surface area contributed by atoms with Gasteiger partial charge >= 0.3 is 0 Å². The third-order valence-electron chi connectivity index (χ3n) is 4.04. The van der Waals surface area contributed by atoms with Crippen LogP contribution in [0.25, 0.3) is 5.69 Å². The highest BCUT2D eigenvalue weighted by atomic mass is 16.7. The normalized spacial score (nSPS) is 11.3. The lowest BCUT2D eigenvalue weighted by atomic mass is 10.1. The van der Waals surface area contributed by atoms with E-state index in [0.29, 0.717) is 12.1 Å². The van der Waals surface area contributed by atoms with Crippen molar-refractivity contribution in [3.63, 3.8) is 0 Å². The number of anilines is 1. The van der Waals surface area contributed by atoms with Crippen LogP contribution < -0.4 is 16.6 Å². The van der Waals surface area contributed by atoms with Crippen LogP contribution in [0.3, 0.4) is 0 Å². The molecule has 1 heterocycles. The zero-order valence-corrected chi connectivity index (χ0v) is 14.4. The zero-order chi connectivity index (χ0) is 18.3. The molecule has 0 fully saturated rings. The number of methoxy groups -OCH3 is 2. The Kier molecular flexibility index (Phi) is 6.46. The number of hydrogen-bond donors (Lipinski definition) is 2. The average Bonchev–Trinajstić information content (AvgIpc) is 2.64. The second-order valence-electron chi connectivity index (χ2n) is 5.53. The number of rotatable bonds is 8. The number of nitrogens with one attached hydrogen (secondary N) is 1. The average molecular weight is 345 g/mol. The highest BCUT2D eigenvalue weighted by molar-refractivity contribution is 5.90. The summed E-state index contributed by atoms with van der Waals surface area (Å²) in [6.45, 7) is 0.161. The first kappa shape index (κ1) is 18.9. The molecule has 0 saturated heterocycles. The minimum absolute atomic E-state index is 0.114. The lowest BCUT2D eigenvalue weighted by Gasteiger charge is -2.29. The van der Waals surface area contributed by atoms with Crippen LogP contribution in [0.5, 0.6) is 0 Å². The number of benzene rings is 1. The fraction of sp³-hybridized carbons (Fsp3) is 0.333. The van der Waals surface area contributed by atoms with Crippen LogP contribution >= 0.6 is 0 Å². The van der Waals surface area contributed by atoms with Gasteiger partial charge in [0.25, 0.3) is 5.56 Å². The van der Waals surface area contributed by atoms with Crippen LogP contribution in [0.4, 0.5) is 5.69 Å². The van der Waals surface area contributed by atoms with Crippen LogP contribution in [0.2, 0.25) is 0 Å². The summed E-state index contributed by atoms with van der Waals surface area (Å²) < 4.78 is 12.0. The molecule has 0 saturated carbocycles. The molecule has 7 heteroatoms. The van der Waals surface area contributed by atoms with E-state index in [9.17, 15) is 9.59 Å². The summed E-state index contributed by atoms with van der Waals surface area (Å²) >= 11 is 0. The predicted octanol–water partition coefficient (Wildman–Crippen LogP) is 1.50. The van der Waals surface area contributed by atoms with Gasteiger partial charge in [-0.25, -0.2) is 0 Å². The van der Waals surface area contributed by atoms with Crippen molar-refractivity contribution in [2.75, 3.05) is 26.1 Å². The fourth-order valence-corrected chi connectivity index (χ4v) is 2.43. The van der Waals surface area contributed by atoms with Crippen LogP contribution in [0, 0.1) is 0 Å². The van der Waals surface area contributed by atoms with E-state index >= 15 is 0 Å². The summed E-state index contributed by atoms with van der Waals surface area (Å²) in [4.78, 5) is 23.9. The predicted molar refractivity (Wildman–Crippen MR) is 95.7 cm³/mol. The van der Waals surface area contributed by atoms with Gasteiger partial charge in [-0.05, 0) is 30.3 Å². The van der Waals surface area contributed by atoms with E-state index in [1.54, 1.807) is 42.6 Å². The SMILES string of the molecule is COC(CN)(CCC(=O)Nc1ccc(-n2ccccc2=O)cc1)OC. The van der Waals surface area contributed by atoms with Gasteiger partial charge in [0, 0.05) is 57.2 Å². The largest absolute Gasteiger partial charge is 0.352 e. The van der Waals surface area contributed by atoms with E-state index in [4.69, 9.17) is 15.2 Å². The maximum absolute atomic E-state index is 12.1. The summed E-state index contributed by atoms with van der Waals surface area (Å²) in [5.74, 6) is -1.12. The van der Waals surface area contributed by atoms with Crippen LogP contribution in [0.1, 0.15) is 12.8 Å². The van der Waals surface area contributed by atoms with E-state index in [1.165, 1.54) is 24.9 Å². The van der Waals surface area contributed by atoms with Gasteiger partial charge in [-0.1, -0.05) is 6.07 Å². The molecule has 0 aliphatic rings. The van der Waals surface area contributed by atoms with Crippen molar-refractivity contribution in [1.29, 1.82) is 0 Å². The topological polar surface area (TPSA) is 95.6 Å². The van der Waals surface area contributed by atoms with Crippen molar-refractivity contribution < 1.29 is 14.3 Å². The fourth-order valence-electron chi connectivity index (χ4n) is 2.43. The van der Waals surface area contributed by atoms with Gasteiger partial charge in [0.2, 0.25) is 5.91 Å². The quantitative estimate of drug-likeness (QED) is 0.707. The van der Waals surface area contributed by atoms with Gasteiger partial charge < -0.3 is 20.5 Å². The monoisotopic (exact) mass is 345 g/mol. The Morgan fingerprint density at radius 2 is 1.84 bits per heavy atom. The van der Waals surface area contributed by atoms with E-state index in [0.717, 1.165) is 5.69 Å². The van der Waals surface area contributed by atoms with Gasteiger partial charge in [0.15, 0.2) is 5.79 Å². The van der Waals surface area contributed by atoms with Gasteiger partial charge in [-0.15, -0.1) is 0 Å². The summed E-state index contributed by atoms with van der Waals surface area (Å²) in [7, 11) is 3.00. The molecule has 1 aromatic heterocycles. The first-order chi connectivity index (χ1) is 12.0. The molecule has 3 N–H and O–H groups in total. The molecular weight excluding hydrogens is 322 g/mol. The molecule has 25 heavy (non-hydrogen) atoms. The highest BCUT2D eigenvalue weighted by Crippen LogP contribution is 2.18. The molecule has 0 bridgehead atoms. The van der Waals surface area contributed by atoms with Crippen LogP contribution in [-0.2, 0) is 14.3 Å². The molecule has 2 rings (SSSR count). The Morgan fingerprint density at radius 3 is 2.40 bits per heavy atom. The summed E-state index contributed by atoms with van der Waals surface area (Å²) in [6.07, 6.45) is 2.25. The number of amides is 1. The molecule has 0 spiro atoms. The van der Waals surface area contributed by atoms with Gasteiger partial charge in [-0.3, -0.25) is 14.2 Å². The summed E-state index contributed by atoms with van der Waals surface area (Å²) in [5, 5.41) is 2.80. The number of ether oxygens (including phenoxy) is 2. The summed E-state index contributed by atoms with van der Waals surface area (Å²) in [6, 6.07) is 12.0. The molecule has 0 radical (unpaired) electrons. The maximum atomic E-state index is 12.1. The van der Waals surface area contributed by atoms with Crippen LogP contribution in [-0.4, -0.2) is 37.0 Å². The molecule has 1 aromatic carbocycles. The van der Waals surface area contributed by atoms with E-state index in [-0.39, 0.29) is 24.4 Å². The first-order valence-corrected chi connectivity index (χ1v) is 7.92. The lowest BCUT2D eigenvalue weighted by Crippen LogP contribution is -2.42. The van der Waals surface area contributed by atoms with Crippen molar-refractivity contribution >= 4 is 11.6 Å². The minimum Gasteiger partial charge on any atom is -0.352 e. The van der Waals surface area contributed by atoms with E-state index in [1.807, 2.05) is 0 Å². The van der Waals surface area contributed by atoms with Gasteiger partial charge in [0.1, 0.15) is 0 Å². The molecule has 1 amide bonds. The molecule has 0 aliphatic heterocycles. The van der Waals surface area contributed by atoms with Gasteiger partial charge in [0.05, 0.1) is 0 Å². The molecule has 2 aromatic rings. The molecular formula is C18H23N3O4. The Labute approximate surface area is 146 Å². The Morgan fingerprint density at radius 1 is 1.16 bits per heavy atom. The zero-order valence-electron chi connectivity index (χ0n) is 14.4. The molecule has 134 valence electrons. The molecule has 7 nitrogen and oxygen atoms in total. The second kappa shape index (κ2) is 8.57. The Bertz CT molecular complexity index is 743. The van der Waals surface area contributed by atoms with Crippen molar-refractivity contribution in [3.05, 3.63) is 59.0 Å². The summed E-state index contributed by atoms with van der Waals surface area (Å²) in [5.41, 5.74) is 6.90. The number of nitrogens with two attached hydrogens (primary N) is 1. The number of aromatic nitrogens is 1. The molecule has 0 aliphatic carbocycles. The third-order valence-corrected chi connectivity index (χ3v) is 4.04. The Hall–Kier alpha value is -2.48. The molecule has 0 atom stereocenters. The second-order valence-corrected chi connectivity index (χ2v) is 5.53. The number of carbonyl (C=O) groups excluding carboxylic acids is 1. The maximum Gasteiger partial charge on any atom is 0.255 e.